The molecule has 0 radical (unpaired) electrons. The van der Waals surface area contributed by atoms with Crippen molar-refractivity contribution in [2.45, 2.75) is 0 Å². The fourth-order valence-corrected chi connectivity index (χ4v) is 7.14. The third-order valence-electron chi connectivity index (χ3n) is 9.23. The Bertz CT molecular complexity index is 4170. The summed E-state index contributed by atoms with van der Waals surface area (Å²) in [6, 6.07) is 3.98. The van der Waals surface area contributed by atoms with Crippen molar-refractivity contribution in [1.82, 2.24) is 13.7 Å². The van der Waals surface area contributed by atoms with Crippen LogP contribution in [0.5, 0.6) is 0 Å². The van der Waals surface area contributed by atoms with E-state index in [1.165, 1.54) is 21.3 Å². The van der Waals surface area contributed by atoms with E-state index in [-0.39, 0.29) is 71.8 Å². The molecule has 51 heavy (non-hydrogen) atoms. The summed E-state index contributed by atoms with van der Waals surface area (Å²) in [6.07, 6.45) is 0. The van der Waals surface area contributed by atoms with Crippen molar-refractivity contribution < 1.29 is 28.8 Å². The molecule has 0 saturated carbocycles. The zero-order chi connectivity index (χ0) is 51.7. The highest BCUT2D eigenvalue weighted by Gasteiger charge is 2.21. The van der Waals surface area contributed by atoms with Crippen LogP contribution in [0.25, 0.3) is 93.6 Å². The first-order valence-corrected chi connectivity index (χ1v) is 15.8. The van der Waals surface area contributed by atoms with Gasteiger partial charge >= 0.3 is 0 Å². The van der Waals surface area contributed by atoms with E-state index >= 15 is 0 Å². The summed E-state index contributed by atoms with van der Waals surface area (Å²) in [5.41, 5.74) is 0.512. The second-order valence-corrected chi connectivity index (χ2v) is 11.8. The van der Waals surface area contributed by atoms with Crippen LogP contribution in [0.4, 0.5) is 0 Å². The number of hydrogen-bond donors (Lipinski definition) is 0. The lowest BCUT2D eigenvalue weighted by molar-refractivity contribution is 1.09. The maximum absolute atomic E-state index is 9.32. The molecule has 0 N–H and O–H groups in total. The fraction of sp³-hybridized carbons (Fsp3) is 0. The molecule has 0 unspecified atom stereocenters. The first-order chi connectivity index (χ1) is 34.0. The number of rotatable bonds is 4. The molecule has 3 nitrogen and oxygen atoms in total. The normalized spacial score (nSPS) is 17.7. The molecule has 238 valence electrons. The second kappa shape index (κ2) is 10.8. The third-order valence-corrected chi connectivity index (χ3v) is 9.23. The van der Waals surface area contributed by atoms with Crippen LogP contribution in [0.2, 0.25) is 0 Å². The molecule has 0 atom stereocenters. The van der Waals surface area contributed by atoms with E-state index in [2.05, 4.69) is 0 Å². The molecule has 8 aromatic carbocycles. The highest BCUT2D eigenvalue weighted by Crippen LogP contribution is 2.41. The molecule has 3 aromatic heterocycles. The van der Waals surface area contributed by atoms with Crippen LogP contribution in [0, 0.1) is 0 Å². The molecule has 11 aromatic rings. The molecule has 3 heteroatoms. The van der Waals surface area contributed by atoms with Crippen molar-refractivity contribution in [2.24, 2.45) is 0 Å². The van der Waals surface area contributed by atoms with Crippen molar-refractivity contribution in [3.8, 4) is 28.2 Å². The third kappa shape index (κ3) is 4.06. The minimum Gasteiger partial charge on any atom is -0.309 e. The Morgan fingerprint density at radius 3 is 1.45 bits per heavy atom. The van der Waals surface area contributed by atoms with E-state index < -0.39 is 127 Å². The van der Waals surface area contributed by atoms with Crippen molar-refractivity contribution in [2.75, 3.05) is 0 Å². The Morgan fingerprint density at radius 2 is 0.824 bits per heavy atom. The topological polar surface area (TPSA) is 14.8 Å². The molecule has 3 heterocycles. The van der Waals surface area contributed by atoms with Gasteiger partial charge in [-0.05, 0) is 71.7 Å². The van der Waals surface area contributed by atoms with Crippen LogP contribution in [-0.4, -0.2) is 13.7 Å². The quantitative estimate of drug-likeness (QED) is 0.177. The van der Waals surface area contributed by atoms with Gasteiger partial charge in [0.2, 0.25) is 0 Å². The van der Waals surface area contributed by atoms with Crippen LogP contribution in [0.3, 0.4) is 0 Å². The molecule has 0 aliphatic heterocycles. The van der Waals surface area contributed by atoms with Crippen molar-refractivity contribution in [3.63, 3.8) is 0 Å². The van der Waals surface area contributed by atoms with E-state index in [0.29, 0.717) is 21.8 Å². The van der Waals surface area contributed by atoms with Gasteiger partial charge in [-0.2, -0.15) is 0 Å². The van der Waals surface area contributed by atoms with Gasteiger partial charge in [0.15, 0.2) is 0 Å². The molecule has 11 rings (SSSR count). The largest absolute Gasteiger partial charge is 0.309 e. The van der Waals surface area contributed by atoms with Crippen LogP contribution in [0.1, 0.15) is 28.8 Å². The number of aromatic nitrogens is 3. The van der Waals surface area contributed by atoms with Gasteiger partial charge in [0.05, 0.1) is 73.3 Å². The van der Waals surface area contributed by atoms with Gasteiger partial charge in [-0.3, -0.25) is 0 Å². The van der Waals surface area contributed by atoms with E-state index in [1.807, 2.05) is 0 Å². The maximum Gasteiger partial charge on any atom is 0.0709 e. The number of fused-ring (bicyclic) bond motifs is 9. The average Bonchev–Trinajstić information content (AvgIpc) is 4.04. The van der Waals surface area contributed by atoms with Crippen molar-refractivity contribution in [3.05, 3.63) is 188 Å². The predicted octanol–water partition coefficient (Wildman–Crippen LogP) is 12.6. The lowest BCUT2D eigenvalue weighted by Gasteiger charge is -2.18. The predicted molar refractivity (Wildman–Crippen MR) is 215 cm³/mol. The van der Waals surface area contributed by atoms with Gasteiger partial charge in [-0.25, -0.2) is 0 Å². The Kier molecular flexibility index (Phi) is 3.09. The lowest BCUT2D eigenvalue weighted by atomic mass is 10.0. The highest BCUT2D eigenvalue weighted by molar-refractivity contribution is 6.13. The number of benzene rings is 8. The Morgan fingerprint density at radius 1 is 0.314 bits per heavy atom. The monoisotopic (exact) mass is 670 g/mol. The van der Waals surface area contributed by atoms with E-state index in [0.717, 1.165) is 0 Å². The molecule has 0 bridgehead atoms. The Labute approximate surface area is 324 Å². The standard InChI is InChI=1S/C48H31N3/c1-2-14-32(15-3-1)33-26-28-47(48(30-33)51-43-23-11-6-18-37(43)38-19-7-12-24-44(38)51)50-45-25-13-8-20-39(45)40-31-34(27-29-46(40)50)49-41-21-9-4-16-35(41)36-17-5-10-22-42(36)49/h1-31H/i1D,2D,3D,4D,5D,6D,7D,9D,10D,11D,12D,14D,15D,16D,17D,18D,19D,21D,22D,23D,24D. The molecular weight excluding hydrogens is 619 g/mol. The minimum absolute atomic E-state index is 0.00417. The van der Waals surface area contributed by atoms with Gasteiger partial charge in [-0.15, -0.1) is 0 Å². The Balaban J connectivity index is 1.32. The summed E-state index contributed by atoms with van der Waals surface area (Å²) < 4.78 is 189. The van der Waals surface area contributed by atoms with Gasteiger partial charge in [-0.1, -0.05) is 127 Å². The van der Waals surface area contributed by atoms with Gasteiger partial charge in [0.1, 0.15) is 0 Å². The number of nitrogens with zero attached hydrogens (tertiary/aromatic N) is 3. The van der Waals surface area contributed by atoms with Crippen LogP contribution >= 0.6 is 0 Å². The molecule has 0 saturated heterocycles. The molecule has 0 aliphatic carbocycles. The fourth-order valence-electron chi connectivity index (χ4n) is 7.14. The molecule has 0 fully saturated rings. The summed E-state index contributed by atoms with van der Waals surface area (Å²) in [5.74, 6) is 0. The highest BCUT2D eigenvalue weighted by atomic mass is 15.1. The van der Waals surface area contributed by atoms with E-state index in [9.17, 15) is 2.74 Å². The van der Waals surface area contributed by atoms with Crippen LogP contribution in [0.15, 0.2) is 188 Å². The van der Waals surface area contributed by atoms with Crippen molar-refractivity contribution in [1.29, 1.82) is 0 Å². The van der Waals surface area contributed by atoms with Crippen LogP contribution in [-0.2, 0) is 0 Å². The number of hydrogen-bond acceptors (Lipinski definition) is 0. The average molecular weight is 671 g/mol. The zero-order valence-corrected chi connectivity index (χ0v) is 26.1. The summed E-state index contributed by atoms with van der Waals surface area (Å²) >= 11 is 0. The summed E-state index contributed by atoms with van der Waals surface area (Å²) in [5, 5.41) is 0.386. The van der Waals surface area contributed by atoms with E-state index in [1.54, 1.807) is 53.1 Å². The summed E-state index contributed by atoms with van der Waals surface area (Å²) in [6.45, 7) is 0. The van der Waals surface area contributed by atoms with E-state index in [4.69, 9.17) is 26.0 Å². The smallest absolute Gasteiger partial charge is 0.0709 e. The lowest BCUT2D eigenvalue weighted by Crippen LogP contribution is -2.04. The molecular formula is C48H31N3. The van der Waals surface area contributed by atoms with Crippen LogP contribution < -0.4 is 0 Å². The first-order valence-electron chi connectivity index (χ1n) is 26.3. The van der Waals surface area contributed by atoms with Gasteiger partial charge in [0, 0.05) is 38.0 Å². The SMILES string of the molecule is [2H]c1c([2H])c([2H])c(-c2ccc(-n3c4ccccc4c4cc(-n5c6c([2H])c([2H])c([2H])c([2H])c6c6c([2H])c([2H])c([2H])c([2H])c65)ccc43)c(-n3c4c([2H])c([2H])c([2H])c([2H])c4c4c([2H])c([2H])c([2H])c([2H])c43)c2)c([2H])c1[2H]. The van der Waals surface area contributed by atoms with Crippen molar-refractivity contribution >= 4 is 65.4 Å². The number of para-hydroxylation sites is 5. The Hall–Kier alpha value is -6.84. The molecule has 0 aliphatic rings. The molecule has 0 amide bonds. The first kappa shape index (κ1) is 14.6. The van der Waals surface area contributed by atoms with Gasteiger partial charge in [0.25, 0.3) is 0 Å². The van der Waals surface area contributed by atoms with Gasteiger partial charge < -0.3 is 13.7 Å². The maximum atomic E-state index is 9.32. The second-order valence-electron chi connectivity index (χ2n) is 11.8. The zero-order valence-electron chi connectivity index (χ0n) is 47.1. The molecule has 0 spiro atoms. The summed E-state index contributed by atoms with van der Waals surface area (Å²) in [4.78, 5) is 0. The minimum atomic E-state index is -0.681. The summed E-state index contributed by atoms with van der Waals surface area (Å²) in [7, 11) is 0.